The van der Waals surface area contributed by atoms with Gasteiger partial charge in [0.1, 0.15) is 69.5 Å². The summed E-state index contributed by atoms with van der Waals surface area (Å²) in [7, 11) is -7.97. The van der Waals surface area contributed by atoms with Gasteiger partial charge in [0.2, 0.25) is 0 Å². The number of hydrogen-bond acceptors (Lipinski definition) is 3. The maximum absolute atomic E-state index is 8.48. The lowest BCUT2D eigenvalue weighted by molar-refractivity contribution is -0.407. The van der Waals surface area contributed by atoms with E-state index in [1.807, 2.05) is 0 Å². The molecule has 9 rings (SSSR count). The second kappa shape index (κ2) is 26.2. The molecular formula is C60H60O3P4. The Hall–Kier alpha value is -5.42. The van der Waals surface area contributed by atoms with Crippen molar-refractivity contribution < 1.29 is 14.7 Å². The summed E-state index contributed by atoms with van der Waals surface area (Å²) in [6, 6.07) is 99.0. The minimum absolute atomic E-state index is 1.14. The van der Waals surface area contributed by atoms with E-state index in [1.54, 1.807) is 0 Å². The highest BCUT2D eigenvalue weighted by Crippen LogP contribution is 2.56. The molecule has 0 aromatic heterocycles. The lowest BCUT2D eigenvalue weighted by Gasteiger charge is -2.39. The van der Waals surface area contributed by atoms with Gasteiger partial charge in [0.05, 0.1) is 18.5 Å². The van der Waals surface area contributed by atoms with Crippen molar-refractivity contribution in [2.75, 3.05) is 18.5 Å². The maximum atomic E-state index is 8.48. The molecule has 3 nitrogen and oxygen atoms in total. The van der Waals surface area contributed by atoms with Gasteiger partial charge in [0.25, 0.3) is 0 Å². The average molecular weight is 953 g/mol. The molecule has 0 saturated carbocycles. The van der Waals surface area contributed by atoms with Gasteiger partial charge in [0.15, 0.2) is 0 Å². The van der Waals surface area contributed by atoms with Crippen LogP contribution in [0.1, 0.15) is 20.8 Å². The van der Waals surface area contributed by atoms with Crippen molar-refractivity contribution in [2.24, 2.45) is 0 Å². The maximum Gasteiger partial charge on any atom is 0.111 e. The zero-order valence-electron chi connectivity index (χ0n) is 38.6. The van der Waals surface area contributed by atoms with Gasteiger partial charge in [-0.05, 0) is 130 Å². The molecule has 0 aliphatic heterocycles. The van der Waals surface area contributed by atoms with Gasteiger partial charge < -0.3 is 23.3 Å². The van der Waals surface area contributed by atoms with E-state index in [4.69, 9.17) is 14.7 Å². The van der Waals surface area contributed by atoms with Gasteiger partial charge in [-0.25, -0.2) is 0 Å². The molecule has 0 heterocycles. The highest BCUT2D eigenvalue weighted by atomic mass is 31.2. The van der Waals surface area contributed by atoms with Crippen molar-refractivity contribution >= 4 is 78.1 Å². The van der Waals surface area contributed by atoms with Crippen LogP contribution in [0.3, 0.4) is 0 Å². The minimum Gasteiger partial charge on any atom is -0.854 e. The third-order valence-corrected chi connectivity index (χ3v) is 25.7. The third-order valence-electron chi connectivity index (χ3n) is 12.2. The summed E-state index contributed by atoms with van der Waals surface area (Å²) >= 11 is 0. The Bertz CT molecular complexity index is 2110. The first-order valence-electron chi connectivity index (χ1n) is 22.8. The van der Waals surface area contributed by atoms with Crippen LogP contribution in [-0.2, 0) is 0 Å². The largest absolute Gasteiger partial charge is 0.854 e. The van der Waals surface area contributed by atoms with Gasteiger partial charge in [0, 0.05) is 0 Å². The summed E-state index contributed by atoms with van der Waals surface area (Å²) in [5, 5.41) is 13.2. The predicted molar refractivity (Wildman–Crippen MR) is 294 cm³/mol. The van der Waals surface area contributed by atoms with Gasteiger partial charge in [-0.3, -0.25) is 0 Å². The molecule has 7 heteroatoms. The fraction of sp³-hybridized carbons (Fsp3) is 0.100. The summed E-state index contributed by atoms with van der Waals surface area (Å²) in [4.78, 5) is 25.4. The van der Waals surface area contributed by atoms with Crippen LogP contribution in [0.25, 0.3) is 0 Å². The van der Waals surface area contributed by atoms with Crippen molar-refractivity contribution in [1.29, 1.82) is 0 Å². The Labute approximate surface area is 402 Å². The number of benzene rings is 9. The van der Waals surface area contributed by atoms with Crippen molar-refractivity contribution in [3.8, 4) is 0 Å². The molecular weight excluding hydrogens is 893 g/mol. The van der Waals surface area contributed by atoms with Crippen molar-refractivity contribution in [3.05, 3.63) is 273 Å². The predicted octanol–water partition coefficient (Wildman–Crippen LogP) is 9.30. The molecule has 0 bridgehead atoms. The normalized spacial score (nSPS) is 11.1. The van der Waals surface area contributed by atoms with E-state index in [2.05, 4.69) is 294 Å². The Kier molecular flexibility index (Phi) is 19.9. The Morgan fingerprint density at radius 3 is 0.388 bits per heavy atom. The molecule has 9 aromatic rings. The first kappa shape index (κ1) is 51.0. The highest BCUT2D eigenvalue weighted by molar-refractivity contribution is 7.96. The molecule has 9 aromatic carbocycles. The van der Waals surface area contributed by atoms with Gasteiger partial charge in [-0.2, -0.15) is 0 Å². The van der Waals surface area contributed by atoms with Crippen molar-refractivity contribution in [2.45, 2.75) is 20.8 Å². The lowest BCUT2D eigenvalue weighted by Crippen LogP contribution is -2.32. The minimum atomic E-state index is -3.37. The number of hydrogen-bond donors (Lipinski definition) is 0. The van der Waals surface area contributed by atoms with E-state index in [0.29, 0.717) is 0 Å². The van der Waals surface area contributed by atoms with Crippen molar-refractivity contribution in [3.63, 3.8) is 0 Å². The molecule has 0 aliphatic carbocycles. The molecule has 0 amide bonds. The lowest BCUT2D eigenvalue weighted by atomic mass is 10.4. The summed E-state index contributed by atoms with van der Waals surface area (Å²) < 4.78 is 0. The Morgan fingerprint density at radius 1 is 0.224 bits per heavy atom. The fourth-order valence-electron chi connectivity index (χ4n) is 9.13. The quantitative estimate of drug-likeness (QED) is 0.115. The smallest absolute Gasteiger partial charge is 0.111 e. The second-order valence-electron chi connectivity index (χ2n) is 15.6. The molecule has 0 aliphatic rings. The standard InChI is InChI=1S/3C20H20P.O3P/c3*1-2-21(18-12-6-3-7-13-18,19-14-8-4-9-15-19)20-16-10-5-11-17-20;1-4(2)3/h3*3-17H,2H2,1H3;/q3*+1;-3. The van der Waals surface area contributed by atoms with E-state index >= 15 is 0 Å². The van der Waals surface area contributed by atoms with Crippen LogP contribution < -0.4 is 62.4 Å². The molecule has 0 atom stereocenters. The monoisotopic (exact) mass is 952 g/mol. The van der Waals surface area contributed by atoms with Crippen LogP contribution >= 0.6 is 30.4 Å². The third kappa shape index (κ3) is 12.4. The summed E-state index contributed by atoms with van der Waals surface area (Å²) in [6.07, 6.45) is 3.43. The zero-order valence-corrected chi connectivity index (χ0v) is 42.2. The molecule has 0 fully saturated rings. The van der Waals surface area contributed by atoms with E-state index < -0.39 is 30.4 Å². The van der Waals surface area contributed by atoms with Crippen LogP contribution in [0, 0.1) is 0 Å². The van der Waals surface area contributed by atoms with Crippen LogP contribution in [0.15, 0.2) is 273 Å². The van der Waals surface area contributed by atoms with Crippen LogP contribution in [0.4, 0.5) is 0 Å². The van der Waals surface area contributed by atoms with E-state index in [9.17, 15) is 0 Å². The summed E-state index contributed by atoms with van der Waals surface area (Å²) in [5.74, 6) is 0. The van der Waals surface area contributed by atoms with Crippen molar-refractivity contribution in [1.82, 2.24) is 0 Å². The van der Waals surface area contributed by atoms with Gasteiger partial charge >= 0.3 is 0 Å². The van der Waals surface area contributed by atoms with Crippen LogP contribution in [-0.4, -0.2) is 18.5 Å². The number of rotatable bonds is 12. The fourth-order valence-corrected chi connectivity index (χ4v) is 21.2. The first-order chi connectivity index (χ1) is 32.9. The Morgan fingerprint density at radius 2 is 0.313 bits per heavy atom. The van der Waals surface area contributed by atoms with Crippen LogP contribution in [0.5, 0.6) is 0 Å². The zero-order chi connectivity index (χ0) is 47.2. The molecule has 67 heavy (non-hydrogen) atoms. The van der Waals surface area contributed by atoms with E-state index in [-0.39, 0.29) is 0 Å². The van der Waals surface area contributed by atoms with Crippen LogP contribution in [0.2, 0.25) is 0 Å². The first-order valence-corrected chi connectivity index (χ1v) is 29.8. The second-order valence-corrected chi connectivity index (χ2v) is 27.5. The molecule has 0 spiro atoms. The molecule has 0 radical (unpaired) electrons. The molecule has 0 saturated heterocycles. The molecule has 0 unspecified atom stereocenters. The van der Waals surface area contributed by atoms with E-state index in [0.717, 1.165) is 18.5 Å². The Balaban J connectivity index is 0.000000159. The summed E-state index contributed by atoms with van der Waals surface area (Å²) in [6.45, 7) is 6.96. The molecule has 338 valence electrons. The van der Waals surface area contributed by atoms with Gasteiger partial charge in [-0.1, -0.05) is 164 Å². The highest BCUT2D eigenvalue weighted by Gasteiger charge is 2.45. The summed E-state index contributed by atoms with van der Waals surface area (Å²) in [5.41, 5.74) is 0. The molecule has 0 N–H and O–H groups in total. The SMILES string of the molecule is CC[P+](c1ccccc1)(c1ccccc1)c1ccccc1.CC[P+](c1ccccc1)(c1ccccc1)c1ccccc1.CC[P+](c1ccccc1)(c1ccccc1)c1ccccc1.[O-]P([O-])[O-]. The topological polar surface area (TPSA) is 69.2 Å². The average Bonchev–Trinajstić information content (AvgIpc) is 3.41. The van der Waals surface area contributed by atoms with Gasteiger partial charge in [-0.15, -0.1) is 0 Å². The van der Waals surface area contributed by atoms with E-state index in [1.165, 1.54) is 47.7 Å².